The van der Waals surface area contributed by atoms with Gasteiger partial charge >= 0.3 is 0 Å². The molecule has 0 radical (unpaired) electrons. The molecule has 0 atom stereocenters. The van der Waals surface area contributed by atoms with Crippen LogP contribution in [0.1, 0.15) is 66.4 Å². The minimum atomic E-state index is 0. The Morgan fingerprint density at radius 3 is 1.77 bits per heavy atom. The van der Waals surface area contributed by atoms with E-state index in [2.05, 4.69) is 72.0 Å². The quantitative estimate of drug-likeness (QED) is 0.560. The molecule has 0 saturated heterocycles. The molecule has 1 rings (SSSR count). The summed E-state index contributed by atoms with van der Waals surface area (Å²) >= 11 is 0. The Hall–Kier alpha value is -1.60. The van der Waals surface area contributed by atoms with Crippen molar-refractivity contribution < 1.29 is 6.90 Å². The lowest BCUT2D eigenvalue weighted by atomic mass is 10.0. The SMILES string of the molecule is C=C/C(=C\C)C(=C)C.CCC.Cc1ccc(C(C)C)cc1.O.[HH]. The van der Waals surface area contributed by atoms with Crippen LogP contribution in [0.2, 0.25) is 0 Å². The van der Waals surface area contributed by atoms with E-state index in [9.17, 15) is 0 Å². The summed E-state index contributed by atoms with van der Waals surface area (Å²) in [6.07, 6.45) is 5.05. The summed E-state index contributed by atoms with van der Waals surface area (Å²) < 4.78 is 0. The molecule has 0 bridgehead atoms. The average molecular weight is 307 g/mol. The van der Waals surface area contributed by atoms with E-state index in [0.29, 0.717) is 5.92 Å². The number of hydrogen-bond acceptors (Lipinski definition) is 0. The zero-order valence-electron chi connectivity index (χ0n) is 15.7. The van der Waals surface area contributed by atoms with E-state index in [1.54, 1.807) is 0 Å². The van der Waals surface area contributed by atoms with Gasteiger partial charge in [-0.25, -0.2) is 0 Å². The van der Waals surface area contributed by atoms with E-state index in [1.807, 2.05) is 26.0 Å². The summed E-state index contributed by atoms with van der Waals surface area (Å²) in [5.74, 6) is 0.653. The van der Waals surface area contributed by atoms with Crippen molar-refractivity contribution >= 4 is 0 Å². The first kappa shape index (κ1) is 25.4. The number of hydrogen-bond donors (Lipinski definition) is 0. The minimum Gasteiger partial charge on any atom is -0.412 e. The summed E-state index contributed by atoms with van der Waals surface area (Å²) in [6, 6.07) is 8.71. The van der Waals surface area contributed by atoms with Gasteiger partial charge in [-0.05, 0) is 37.8 Å². The van der Waals surface area contributed by atoms with Gasteiger partial charge in [0.25, 0.3) is 0 Å². The van der Waals surface area contributed by atoms with Crippen molar-refractivity contribution in [3.05, 3.63) is 71.8 Å². The molecule has 1 aromatic carbocycles. The van der Waals surface area contributed by atoms with Crippen LogP contribution in [0.25, 0.3) is 0 Å². The van der Waals surface area contributed by atoms with Gasteiger partial charge in [0.1, 0.15) is 0 Å². The fraction of sp³-hybridized carbons (Fsp3) is 0.429. The third-order valence-electron chi connectivity index (χ3n) is 2.77. The largest absolute Gasteiger partial charge is 0.412 e. The Balaban J connectivity index is -0.000000127. The Labute approximate surface area is 140 Å². The lowest BCUT2D eigenvalue weighted by Gasteiger charge is -2.03. The van der Waals surface area contributed by atoms with E-state index in [0.717, 1.165) is 11.1 Å². The lowest BCUT2D eigenvalue weighted by molar-refractivity contribution is 0.824. The van der Waals surface area contributed by atoms with Crippen molar-refractivity contribution in [1.82, 2.24) is 0 Å². The van der Waals surface area contributed by atoms with Crippen molar-refractivity contribution in [2.45, 2.75) is 60.8 Å². The Kier molecular flexibility index (Phi) is 18.2. The molecule has 128 valence electrons. The Morgan fingerprint density at radius 2 is 1.59 bits per heavy atom. The molecule has 1 aromatic rings. The van der Waals surface area contributed by atoms with Crippen LogP contribution in [0.3, 0.4) is 0 Å². The number of allylic oxidation sites excluding steroid dienone is 4. The molecule has 1 heteroatoms. The molecular formula is C21H38O. The van der Waals surface area contributed by atoms with Crippen LogP contribution in [-0.4, -0.2) is 5.48 Å². The monoisotopic (exact) mass is 306 g/mol. The van der Waals surface area contributed by atoms with Crippen molar-refractivity contribution in [2.75, 3.05) is 0 Å². The number of benzene rings is 1. The average Bonchev–Trinajstić information content (AvgIpc) is 2.41. The predicted octanol–water partition coefficient (Wildman–Crippen LogP) is 6.65. The van der Waals surface area contributed by atoms with Crippen LogP contribution in [0.15, 0.2) is 60.7 Å². The molecule has 0 amide bonds. The molecule has 0 saturated carbocycles. The van der Waals surface area contributed by atoms with E-state index in [-0.39, 0.29) is 6.90 Å². The Morgan fingerprint density at radius 1 is 1.18 bits per heavy atom. The normalized spacial score (nSPS) is 9.55. The summed E-state index contributed by atoms with van der Waals surface area (Å²) in [6.45, 7) is 22.1. The van der Waals surface area contributed by atoms with Crippen LogP contribution >= 0.6 is 0 Å². The predicted molar refractivity (Wildman–Crippen MR) is 106 cm³/mol. The first-order valence-electron chi connectivity index (χ1n) is 7.85. The van der Waals surface area contributed by atoms with Crippen LogP contribution in [-0.2, 0) is 0 Å². The summed E-state index contributed by atoms with van der Waals surface area (Å²) in [7, 11) is 0. The van der Waals surface area contributed by atoms with Gasteiger partial charge in [0, 0.05) is 1.43 Å². The van der Waals surface area contributed by atoms with Crippen LogP contribution in [0.5, 0.6) is 0 Å². The first-order chi connectivity index (χ1) is 9.83. The van der Waals surface area contributed by atoms with Gasteiger partial charge in [-0.2, -0.15) is 0 Å². The molecule has 0 heterocycles. The fourth-order valence-electron chi connectivity index (χ4n) is 1.49. The summed E-state index contributed by atoms with van der Waals surface area (Å²) in [4.78, 5) is 0. The van der Waals surface area contributed by atoms with Crippen LogP contribution in [0, 0.1) is 6.92 Å². The summed E-state index contributed by atoms with van der Waals surface area (Å²) in [5.41, 5.74) is 4.96. The molecule has 22 heavy (non-hydrogen) atoms. The van der Waals surface area contributed by atoms with Crippen molar-refractivity contribution in [3.63, 3.8) is 0 Å². The maximum atomic E-state index is 3.76. The zero-order valence-corrected chi connectivity index (χ0v) is 15.7. The molecule has 0 unspecified atom stereocenters. The number of aryl methyl sites for hydroxylation is 1. The summed E-state index contributed by atoms with van der Waals surface area (Å²) in [5, 5.41) is 0. The molecule has 1 nitrogen and oxygen atoms in total. The van der Waals surface area contributed by atoms with Gasteiger partial charge in [0.05, 0.1) is 0 Å². The highest BCUT2D eigenvalue weighted by Crippen LogP contribution is 2.13. The smallest absolute Gasteiger partial charge is 0 e. The minimum absolute atomic E-state index is 0. The molecule has 0 aliphatic rings. The third-order valence-corrected chi connectivity index (χ3v) is 2.77. The Bertz CT molecular complexity index is 428. The van der Waals surface area contributed by atoms with Crippen molar-refractivity contribution in [1.29, 1.82) is 0 Å². The molecule has 0 aliphatic carbocycles. The van der Waals surface area contributed by atoms with Gasteiger partial charge in [0.15, 0.2) is 0 Å². The van der Waals surface area contributed by atoms with Crippen molar-refractivity contribution in [2.24, 2.45) is 0 Å². The second-order valence-electron chi connectivity index (χ2n) is 5.50. The second-order valence-corrected chi connectivity index (χ2v) is 5.50. The molecule has 0 spiro atoms. The highest BCUT2D eigenvalue weighted by atomic mass is 16.0. The van der Waals surface area contributed by atoms with E-state index in [1.165, 1.54) is 17.5 Å². The fourth-order valence-corrected chi connectivity index (χ4v) is 1.49. The van der Waals surface area contributed by atoms with Crippen LogP contribution in [0.4, 0.5) is 0 Å². The van der Waals surface area contributed by atoms with Crippen LogP contribution < -0.4 is 0 Å². The van der Waals surface area contributed by atoms with E-state index in [4.69, 9.17) is 0 Å². The van der Waals surface area contributed by atoms with E-state index >= 15 is 0 Å². The highest BCUT2D eigenvalue weighted by Gasteiger charge is 1.95. The topological polar surface area (TPSA) is 31.5 Å². The highest BCUT2D eigenvalue weighted by molar-refractivity contribution is 5.34. The lowest BCUT2D eigenvalue weighted by Crippen LogP contribution is -1.85. The third kappa shape index (κ3) is 13.4. The standard InChI is InChI=1S/C10H14.C8H12.C3H8.H2O.H2/c1-8(2)10-6-4-9(3)5-7-10;1-5-8(6-2)7(3)4;1-3-2;;/h4-8H,1-3H3;5-6H,1,3H2,2,4H3;3H2,1-2H3;1H2;1H/b;8-6+;;;. The van der Waals surface area contributed by atoms with Gasteiger partial charge in [-0.1, -0.05) is 94.8 Å². The van der Waals surface area contributed by atoms with Crippen molar-refractivity contribution in [3.8, 4) is 0 Å². The maximum Gasteiger partial charge on any atom is 0 e. The van der Waals surface area contributed by atoms with Gasteiger partial charge in [-0.3, -0.25) is 0 Å². The molecular weight excluding hydrogens is 268 g/mol. The molecule has 0 aromatic heterocycles. The van der Waals surface area contributed by atoms with Gasteiger partial charge < -0.3 is 5.48 Å². The van der Waals surface area contributed by atoms with Gasteiger partial charge in [0.2, 0.25) is 0 Å². The first-order valence-corrected chi connectivity index (χ1v) is 7.85. The zero-order chi connectivity index (χ0) is 16.8. The second kappa shape index (κ2) is 15.8. The molecule has 2 N–H and O–H groups in total. The van der Waals surface area contributed by atoms with E-state index < -0.39 is 0 Å². The molecule has 0 aliphatic heterocycles. The molecule has 0 fully saturated rings. The maximum absolute atomic E-state index is 3.76. The number of rotatable bonds is 3. The van der Waals surface area contributed by atoms with Gasteiger partial charge in [-0.15, -0.1) is 0 Å².